The van der Waals surface area contributed by atoms with Gasteiger partial charge >= 0.3 is 0 Å². The van der Waals surface area contributed by atoms with Gasteiger partial charge in [0.2, 0.25) is 5.28 Å². The highest BCUT2D eigenvalue weighted by atomic mass is 35.5. The number of phenolic OH excluding ortho intramolecular Hbond substituents is 1. The number of nitro benzene ring substituents is 1. The van der Waals surface area contributed by atoms with E-state index in [9.17, 15) is 15.2 Å². The van der Waals surface area contributed by atoms with E-state index >= 15 is 0 Å². The van der Waals surface area contributed by atoms with Crippen LogP contribution in [0.3, 0.4) is 0 Å². The lowest BCUT2D eigenvalue weighted by Gasteiger charge is -2.09. The summed E-state index contributed by atoms with van der Waals surface area (Å²) in [5.74, 6) is 0.278. The molecule has 0 fully saturated rings. The Morgan fingerprint density at radius 2 is 2.09 bits per heavy atom. The summed E-state index contributed by atoms with van der Waals surface area (Å²) in [6, 6.07) is 3.72. The van der Waals surface area contributed by atoms with Gasteiger partial charge in [0.25, 0.3) is 5.69 Å². The van der Waals surface area contributed by atoms with E-state index in [2.05, 4.69) is 15.3 Å². The number of rotatable bonds is 3. The summed E-state index contributed by atoms with van der Waals surface area (Å²) in [6.07, 6.45) is 0. The molecule has 2 aromatic heterocycles. The molecule has 0 bridgehead atoms. The third-order valence-corrected chi connectivity index (χ3v) is 4.72. The minimum absolute atomic E-state index is 0.0613. The number of thiophene rings is 1. The molecule has 118 valence electrons. The molecule has 9 heteroatoms. The molecule has 0 saturated heterocycles. The Kier molecular flexibility index (Phi) is 3.78. The highest BCUT2D eigenvalue weighted by Crippen LogP contribution is 2.37. The van der Waals surface area contributed by atoms with Gasteiger partial charge in [-0.25, -0.2) is 4.98 Å². The molecule has 0 radical (unpaired) electrons. The van der Waals surface area contributed by atoms with Gasteiger partial charge in [-0.15, -0.1) is 11.3 Å². The molecule has 3 aromatic rings. The highest BCUT2D eigenvalue weighted by Gasteiger charge is 2.17. The Morgan fingerprint density at radius 1 is 1.35 bits per heavy atom. The molecule has 2 heterocycles. The molecule has 0 atom stereocenters. The number of nitrogens with one attached hydrogen (secondary N) is 1. The number of phenols is 1. The van der Waals surface area contributed by atoms with Crippen LogP contribution in [0.2, 0.25) is 5.28 Å². The van der Waals surface area contributed by atoms with Gasteiger partial charge in [0.15, 0.2) is 0 Å². The number of hydrogen-bond donors (Lipinski definition) is 2. The number of aromatic nitrogens is 2. The van der Waals surface area contributed by atoms with Crippen molar-refractivity contribution in [2.24, 2.45) is 0 Å². The van der Waals surface area contributed by atoms with Crippen molar-refractivity contribution in [3.05, 3.63) is 44.0 Å². The lowest BCUT2D eigenvalue weighted by Crippen LogP contribution is -1.98. The van der Waals surface area contributed by atoms with Crippen LogP contribution in [-0.2, 0) is 0 Å². The quantitative estimate of drug-likeness (QED) is 0.316. The Labute approximate surface area is 139 Å². The van der Waals surface area contributed by atoms with Crippen molar-refractivity contribution in [1.82, 2.24) is 9.97 Å². The molecule has 3 rings (SSSR count). The average molecular weight is 351 g/mol. The first kappa shape index (κ1) is 15.4. The molecule has 7 nitrogen and oxygen atoms in total. The Hall–Kier alpha value is -2.45. The van der Waals surface area contributed by atoms with Crippen LogP contribution in [0.4, 0.5) is 17.2 Å². The number of anilines is 2. The van der Waals surface area contributed by atoms with Crippen LogP contribution < -0.4 is 5.32 Å². The second kappa shape index (κ2) is 5.64. The smallest absolute Gasteiger partial charge is 0.271 e. The number of aryl methyl sites for hydroxylation is 2. The third-order valence-electron chi connectivity index (χ3n) is 3.45. The van der Waals surface area contributed by atoms with Gasteiger partial charge in [0.05, 0.1) is 16.0 Å². The third kappa shape index (κ3) is 2.78. The van der Waals surface area contributed by atoms with E-state index < -0.39 is 4.92 Å². The number of non-ortho nitro benzene ring substituents is 1. The molecule has 0 aliphatic carbocycles. The summed E-state index contributed by atoms with van der Waals surface area (Å²) in [5.41, 5.74) is 1.03. The lowest BCUT2D eigenvalue weighted by atomic mass is 10.2. The van der Waals surface area contributed by atoms with E-state index in [0.717, 1.165) is 15.8 Å². The standard InChI is InChI=1S/C14H11ClN4O3S/c1-6-7(2)23-13-11(6)12(17-14(15)18-13)16-9-5-8(19(21)22)3-4-10(9)20/h3-5,20H,1-2H3,(H,16,17,18). The number of nitro groups is 1. The first-order valence-electron chi connectivity index (χ1n) is 6.54. The normalized spacial score (nSPS) is 10.9. The SMILES string of the molecule is Cc1sc2nc(Cl)nc(Nc3cc([N+](=O)[O-])ccc3O)c2c1C. The van der Waals surface area contributed by atoms with Crippen LogP contribution in [-0.4, -0.2) is 20.0 Å². The zero-order valence-corrected chi connectivity index (χ0v) is 13.7. The summed E-state index contributed by atoms with van der Waals surface area (Å²) in [6.45, 7) is 3.90. The van der Waals surface area contributed by atoms with Crippen molar-refractivity contribution in [3.8, 4) is 5.75 Å². The van der Waals surface area contributed by atoms with Crippen LogP contribution in [0.15, 0.2) is 18.2 Å². The number of nitrogens with zero attached hydrogens (tertiary/aromatic N) is 3. The predicted octanol–water partition coefficient (Wildman–Crippen LogP) is 4.32. The van der Waals surface area contributed by atoms with Gasteiger partial charge in [0, 0.05) is 17.0 Å². The molecule has 0 aliphatic rings. The van der Waals surface area contributed by atoms with Gasteiger partial charge in [0.1, 0.15) is 16.4 Å². The molecule has 2 N–H and O–H groups in total. The Balaban J connectivity index is 2.15. The van der Waals surface area contributed by atoms with Crippen LogP contribution in [0.25, 0.3) is 10.2 Å². The van der Waals surface area contributed by atoms with Crippen molar-refractivity contribution in [3.63, 3.8) is 0 Å². The van der Waals surface area contributed by atoms with Crippen LogP contribution in [0, 0.1) is 24.0 Å². The fourth-order valence-electron chi connectivity index (χ4n) is 2.18. The van der Waals surface area contributed by atoms with Crippen LogP contribution in [0.1, 0.15) is 10.4 Å². The summed E-state index contributed by atoms with van der Waals surface area (Å²) in [5, 5.41) is 24.6. The summed E-state index contributed by atoms with van der Waals surface area (Å²) < 4.78 is 0. The zero-order valence-electron chi connectivity index (χ0n) is 12.1. The van der Waals surface area contributed by atoms with E-state index in [4.69, 9.17) is 11.6 Å². The Bertz CT molecular complexity index is 941. The largest absolute Gasteiger partial charge is 0.506 e. The van der Waals surface area contributed by atoms with Crippen molar-refractivity contribution >= 4 is 50.3 Å². The molecule has 1 aromatic carbocycles. The summed E-state index contributed by atoms with van der Waals surface area (Å²) in [4.78, 5) is 20.5. The molecular weight excluding hydrogens is 340 g/mol. The number of fused-ring (bicyclic) bond motifs is 1. The Morgan fingerprint density at radius 3 is 2.78 bits per heavy atom. The molecule has 0 aliphatic heterocycles. The maximum Gasteiger partial charge on any atom is 0.271 e. The van der Waals surface area contributed by atoms with Crippen LogP contribution in [0.5, 0.6) is 5.75 Å². The highest BCUT2D eigenvalue weighted by molar-refractivity contribution is 7.18. The van der Waals surface area contributed by atoms with Crippen molar-refractivity contribution < 1.29 is 10.0 Å². The van der Waals surface area contributed by atoms with E-state index in [-0.39, 0.29) is 22.4 Å². The first-order chi connectivity index (χ1) is 10.9. The predicted molar refractivity (Wildman–Crippen MR) is 89.9 cm³/mol. The second-order valence-electron chi connectivity index (χ2n) is 4.89. The molecular formula is C14H11ClN4O3S. The van der Waals surface area contributed by atoms with Crippen molar-refractivity contribution in [1.29, 1.82) is 0 Å². The number of halogens is 1. The first-order valence-corrected chi connectivity index (χ1v) is 7.74. The number of benzene rings is 1. The van der Waals surface area contributed by atoms with E-state index in [0.29, 0.717) is 10.6 Å². The second-order valence-corrected chi connectivity index (χ2v) is 6.43. The average Bonchev–Trinajstić information content (AvgIpc) is 2.75. The lowest BCUT2D eigenvalue weighted by molar-refractivity contribution is -0.384. The van der Waals surface area contributed by atoms with E-state index in [1.807, 2.05) is 13.8 Å². The molecule has 0 spiro atoms. The van der Waals surface area contributed by atoms with E-state index in [1.165, 1.54) is 29.5 Å². The fraction of sp³-hybridized carbons (Fsp3) is 0.143. The van der Waals surface area contributed by atoms with Gasteiger partial charge in [-0.05, 0) is 37.1 Å². The van der Waals surface area contributed by atoms with Gasteiger partial charge in [-0.3, -0.25) is 10.1 Å². The summed E-state index contributed by atoms with van der Waals surface area (Å²) >= 11 is 7.43. The van der Waals surface area contributed by atoms with Crippen molar-refractivity contribution in [2.75, 3.05) is 5.32 Å². The van der Waals surface area contributed by atoms with Gasteiger partial charge < -0.3 is 10.4 Å². The molecule has 23 heavy (non-hydrogen) atoms. The molecule has 0 amide bonds. The van der Waals surface area contributed by atoms with Crippen molar-refractivity contribution in [2.45, 2.75) is 13.8 Å². The number of hydrogen-bond acceptors (Lipinski definition) is 7. The molecule has 0 unspecified atom stereocenters. The zero-order chi connectivity index (χ0) is 16.7. The summed E-state index contributed by atoms with van der Waals surface area (Å²) in [7, 11) is 0. The van der Waals surface area contributed by atoms with E-state index in [1.54, 1.807) is 0 Å². The number of aromatic hydroxyl groups is 1. The minimum Gasteiger partial charge on any atom is -0.506 e. The minimum atomic E-state index is -0.535. The maximum absolute atomic E-state index is 10.9. The topological polar surface area (TPSA) is 101 Å². The molecule has 0 saturated carbocycles. The monoisotopic (exact) mass is 350 g/mol. The van der Waals surface area contributed by atoms with Crippen LogP contribution >= 0.6 is 22.9 Å². The maximum atomic E-state index is 10.9. The van der Waals surface area contributed by atoms with Gasteiger partial charge in [-0.2, -0.15) is 4.98 Å². The fourth-order valence-corrected chi connectivity index (χ4v) is 3.43. The van der Waals surface area contributed by atoms with Gasteiger partial charge in [-0.1, -0.05) is 0 Å².